The summed E-state index contributed by atoms with van der Waals surface area (Å²) < 4.78 is 6.85. The van der Waals surface area contributed by atoms with E-state index in [1.165, 1.54) is 17.0 Å². The van der Waals surface area contributed by atoms with E-state index in [9.17, 15) is 5.11 Å². The van der Waals surface area contributed by atoms with E-state index < -0.39 is 0 Å². The third-order valence-corrected chi connectivity index (χ3v) is 7.44. The second kappa shape index (κ2) is 9.21. The number of benzene rings is 2. The Morgan fingerprint density at radius 3 is 2.36 bits per heavy atom. The molecule has 2 aromatic carbocycles. The molecule has 0 aliphatic carbocycles. The van der Waals surface area contributed by atoms with Crippen LogP contribution in [0.25, 0.3) is 4.96 Å². The molecule has 2 aromatic heterocycles. The van der Waals surface area contributed by atoms with Crippen LogP contribution in [-0.2, 0) is 6.42 Å². The Kier molecular flexibility index (Phi) is 6.14. The third kappa shape index (κ3) is 4.26. The van der Waals surface area contributed by atoms with Crippen LogP contribution in [0.15, 0.2) is 48.5 Å². The Morgan fingerprint density at radius 1 is 1.06 bits per heavy atom. The summed E-state index contributed by atoms with van der Waals surface area (Å²) in [6.07, 6.45) is 0.733. The molecule has 1 fully saturated rings. The molecule has 0 amide bonds. The summed E-state index contributed by atoms with van der Waals surface area (Å²) in [5.41, 5.74) is 2.28. The topological polar surface area (TPSA) is 66.1 Å². The molecule has 0 saturated carbocycles. The van der Waals surface area contributed by atoms with Crippen LogP contribution in [0.5, 0.6) is 11.6 Å². The van der Waals surface area contributed by atoms with Gasteiger partial charge < -0.3 is 14.7 Å². The van der Waals surface area contributed by atoms with E-state index in [-0.39, 0.29) is 11.9 Å². The van der Waals surface area contributed by atoms with Crippen LogP contribution < -0.4 is 9.64 Å². The van der Waals surface area contributed by atoms with Crippen LogP contribution >= 0.6 is 22.9 Å². The number of fused-ring (bicyclic) bond motifs is 1. The van der Waals surface area contributed by atoms with E-state index in [0.29, 0.717) is 5.02 Å². The number of aromatic nitrogens is 3. The van der Waals surface area contributed by atoms with Crippen LogP contribution in [-0.4, -0.2) is 57.9 Å². The molecular weight excluding hydrogens is 458 g/mol. The summed E-state index contributed by atoms with van der Waals surface area (Å²) in [5, 5.41) is 16.2. The first-order chi connectivity index (χ1) is 16.1. The van der Waals surface area contributed by atoms with Crippen molar-refractivity contribution in [2.24, 2.45) is 0 Å². The number of aromatic hydroxyl groups is 1. The Morgan fingerprint density at radius 2 is 1.76 bits per heavy atom. The lowest BCUT2D eigenvalue weighted by Gasteiger charge is -2.40. The minimum absolute atomic E-state index is 0.0983. The van der Waals surface area contributed by atoms with Gasteiger partial charge in [-0.3, -0.25) is 4.90 Å². The van der Waals surface area contributed by atoms with Crippen molar-refractivity contribution in [1.29, 1.82) is 0 Å². The Bertz CT molecular complexity index is 1230. The predicted octanol–water partition coefficient (Wildman–Crippen LogP) is 4.63. The molecule has 1 atom stereocenters. The maximum Gasteiger partial charge on any atom is 0.230 e. The Balaban J connectivity index is 1.44. The quantitative estimate of drug-likeness (QED) is 0.431. The second-order valence-corrected chi connectivity index (χ2v) is 9.49. The van der Waals surface area contributed by atoms with Gasteiger partial charge in [-0.2, -0.15) is 4.52 Å². The number of nitrogens with zero attached hydrogens (tertiary/aromatic N) is 5. The molecule has 5 rings (SSSR count). The monoisotopic (exact) mass is 483 g/mol. The summed E-state index contributed by atoms with van der Waals surface area (Å²) in [6, 6.07) is 16.0. The molecule has 1 aliphatic rings. The summed E-state index contributed by atoms with van der Waals surface area (Å²) in [5.74, 6) is 1.76. The van der Waals surface area contributed by atoms with Crippen molar-refractivity contribution in [2.75, 3.05) is 38.2 Å². The number of hydrogen-bond donors (Lipinski definition) is 1. The van der Waals surface area contributed by atoms with Crippen molar-refractivity contribution >= 4 is 33.6 Å². The minimum atomic E-state index is -0.0983. The molecule has 4 aromatic rings. The lowest BCUT2D eigenvalue weighted by molar-refractivity contribution is 0.211. The van der Waals surface area contributed by atoms with Gasteiger partial charge in [-0.15, -0.1) is 5.10 Å². The number of ether oxygens (including phenoxy) is 1. The molecule has 1 saturated heterocycles. The first-order valence-electron chi connectivity index (χ1n) is 11.0. The van der Waals surface area contributed by atoms with Gasteiger partial charge in [0.05, 0.1) is 18.0 Å². The molecule has 0 unspecified atom stereocenters. The second-order valence-electron chi connectivity index (χ2n) is 8.04. The van der Waals surface area contributed by atoms with Crippen molar-refractivity contribution in [3.05, 3.63) is 69.8 Å². The summed E-state index contributed by atoms with van der Waals surface area (Å²) in [4.78, 5) is 10.9. The maximum atomic E-state index is 11.1. The first-order valence-corrected chi connectivity index (χ1v) is 12.2. The first kappa shape index (κ1) is 22.0. The van der Waals surface area contributed by atoms with Crippen LogP contribution in [0.4, 0.5) is 5.69 Å². The zero-order valence-corrected chi connectivity index (χ0v) is 20.2. The highest BCUT2D eigenvalue weighted by atomic mass is 35.5. The molecule has 0 spiro atoms. The number of hydrogen-bond acceptors (Lipinski definition) is 7. The summed E-state index contributed by atoms with van der Waals surface area (Å²) in [7, 11) is 1.68. The van der Waals surface area contributed by atoms with Gasteiger partial charge >= 0.3 is 0 Å². The molecule has 1 N–H and O–H groups in total. The van der Waals surface area contributed by atoms with Gasteiger partial charge in [0, 0.05) is 43.3 Å². The maximum absolute atomic E-state index is 11.1. The molecular formula is C24H26ClN5O2S. The SMILES string of the molecule is CCc1nc2sc([C@H](c3ccc(Cl)cc3)N3CCN(c4ccc(OC)cc4)CC3)c(O)n2n1. The zero-order valence-electron chi connectivity index (χ0n) is 18.6. The molecule has 9 heteroatoms. The van der Waals surface area contributed by atoms with E-state index >= 15 is 0 Å². The molecule has 7 nitrogen and oxygen atoms in total. The predicted molar refractivity (Wildman–Crippen MR) is 132 cm³/mol. The van der Waals surface area contributed by atoms with Gasteiger partial charge in [0.2, 0.25) is 10.8 Å². The van der Waals surface area contributed by atoms with Crippen molar-refractivity contribution in [2.45, 2.75) is 19.4 Å². The molecule has 0 radical (unpaired) electrons. The number of halogens is 1. The van der Waals surface area contributed by atoms with Gasteiger partial charge in [-0.25, -0.2) is 4.98 Å². The average Bonchev–Trinajstić information content (AvgIpc) is 3.40. The van der Waals surface area contributed by atoms with Crippen molar-refractivity contribution < 1.29 is 9.84 Å². The summed E-state index contributed by atoms with van der Waals surface area (Å²) in [6.45, 7) is 5.49. The van der Waals surface area contributed by atoms with Gasteiger partial charge in [-0.05, 0) is 42.0 Å². The fourth-order valence-corrected chi connectivity index (χ4v) is 5.59. The van der Waals surface area contributed by atoms with Crippen molar-refractivity contribution in [1.82, 2.24) is 19.5 Å². The Hall–Kier alpha value is -2.81. The Labute approximate surface area is 201 Å². The van der Waals surface area contributed by atoms with E-state index in [1.807, 2.05) is 43.3 Å². The van der Waals surface area contributed by atoms with Gasteiger partial charge in [-0.1, -0.05) is 42.0 Å². The normalized spacial score (nSPS) is 15.8. The average molecular weight is 484 g/mol. The van der Waals surface area contributed by atoms with E-state index in [4.69, 9.17) is 16.3 Å². The highest BCUT2D eigenvalue weighted by molar-refractivity contribution is 7.17. The van der Waals surface area contributed by atoms with Gasteiger partial charge in [0.25, 0.3) is 0 Å². The number of thiazole rings is 1. The number of anilines is 1. The van der Waals surface area contributed by atoms with Crippen LogP contribution in [0.1, 0.15) is 29.2 Å². The third-order valence-electron chi connectivity index (χ3n) is 6.11. The minimum Gasteiger partial charge on any atom is -0.497 e. The van der Waals surface area contributed by atoms with E-state index in [0.717, 1.165) is 59.6 Å². The fraction of sp³-hybridized carbons (Fsp3) is 0.333. The van der Waals surface area contributed by atoms with Crippen LogP contribution in [0, 0.1) is 0 Å². The molecule has 0 bridgehead atoms. The molecule has 1 aliphatic heterocycles. The largest absolute Gasteiger partial charge is 0.497 e. The fourth-order valence-electron chi connectivity index (χ4n) is 4.32. The number of rotatable bonds is 6. The molecule has 3 heterocycles. The summed E-state index contributed by atoms with van der Waals surface area (Å²) >= 11 is 7.67. The van der Waals surface area contributed by atoms with Crippen molar-refractivity contribution in [3.63, 3.8) is 0 Å². The van der Waals surface area contributed by atoms with Crippen LogP contribution in [0.3, 0.4) is 0 Å². The number of piperazine rings is 1. The smallest absolute Gasteiger partial charge is 0.230 e. The van der Waals surface area contributed by atoms with Crippen molar-refractivity contribution in [3.8, 4) is 11.6 Å². The highest BCUT2D eigenvalue weighted by Gasteiger charge is 2.31. The standard InChI is InChI=1S/C24H26ClN5O2S/c1-3-20-26-24-30(27-20)23(31)22(33-24)21(16-4-6-17(25)7-5-16)29-14-12-28(13-15-29)18-8-10-19(32-2)11-9-18/h4-11,21,31H,3,12-15H2,1-2H3/t21-/m0/s1. The lowest BCUT2D eigenvalue weighted by atomic mass is 10.0. The highest BCUT2D eigenvalue weighted by Crippen LogP contribution is 2.40. The van der Waals surface area contributed by atoms with E-state index in [2.05, 4.69) is 32.0 Å². The zero-order chi connectivity index (χ0) is 22.9. The molecule has 172 valence electrons. The molecule has 33 heavy (non-hydrogen) atoms. The van der Waals surface area contributed by atoms with Gasteiger partial charge in [0.15, 0.2) is 5.82 Å². The number of aryl methyl sites for hydroxylation is 1. The number of methoxy groups -OCH3 is 1. The van der Waals surface area contributed by atoms with Crippen LogP contribution in [0.2, 0.25) is 5.02 Å². The van der Waals surface area contributed by atoms with Gasteiger partial charge in [0.1, 0.15) is 5.75 Å². The lowest BCUT2D eigenvalue weighted by Crippen LogP contribution is -2.47. The van der Waals surface area contributed by atoms with E-state index in [1.54, 1.807) is 11.6 Å².